The van der Waals surface area contributed by atoms with E-state index in [9.17, 15) is 4.79 Å². The number of rotatable bonds is 3. The first-order chi connectivity index (χ1) is 8.54. The Hall–Kier alpha value is -1.01. The third kappa shape index (κ3) is 2.70. The third-order valence-corrected chi connectivity index (χ3v) is 4.15. The molecule has 100 valence electrons. The number of likely N-dealkylation sites (N-methyl/N-ethyl adjacent to an activating group) is 1. The summed E-state index contributed by atoms with van der Waals surface area (Å²) < 4.78 is 4.21. The quantitative estimate of drug-likeness (QED) is 0.900. The second-order valence-corrected chi connectivity index (χ2v) is 5.92. The number of likely N-dealkylation sites (tertiary alicyclic amines) is 1. The van der Waals surface area contributed by atoms with Gasteiger partial charge < -0.3 is 10.2 Å². The molecule has 0 aromatic carbocycles. The van der Waals surface area contributed by atoms with Crippen LogP contribution in [-0.2, 0) is 11.3 Å². The van der Waals surface area contributed by atoms with Crippen LogP contribution in [0.25, 0.3) is 0 Å². The second kappa shape index (κ2) is 5.32. The highest BCUT2D eigenvalue weighted by Crippen LogP contribution is 2.28. The van der Waals surface area contributed by atoms with Crippen LogP contribution in [0.5, 0.6) is 0 Å². The molecule has 1 fully saturated rings. The van der Waals surface area contributed by atoms with E-state index in [2.05, 4.69) is 28.5 Å². The first kappa shape index (κ1) is 13.4. The maximum absolute atomic E-state index is 12.5. The van der Waals surface area contributed by atoms with Crippen LogP contribution in [0.2, 0.25) is 0 Å². The summed E-state index contributed by atoms with van der Waals surface area (Å²) in [5.41, 5.74) is 1.58. The molecule has 1 N–H and O–H groups in total. The maximum Gasteiger partial charge on any atom is 0.240 e. The third-order valence-electron chi connectivity index (χ3n) is 3.63. The minimum atomic E-state index is -0.131. The van der Waals surface area contributed by atoms with E-state index in [1.807, 2.05) is 11.9 Å². The van der Waals surface area contributed by atoms with Crippen LogP contribution in [0, 0.1) is 0 Å². The Labute approximate surface area is 112 Å². The van der Waals surface area contributed by atoms with Crippen molar-refractivity contribution in [2.45, 2.75) is 51.2 Å². The van der Waals surface area contributed by atoms with E-state index in [4.69, 9.17) is 0 Å². The maximum atomic E-state index is 12.5. The van der Waals surface area contributed by atoms with Gasteiger partial charge in [-0.15, -0.1) is 0 Å². The lowest BCUT2D eigenvalue weighted by molar-refractivity contribution is -0.138. The lowest BCUT2D eigenvalue weighted by atomic mass is 9.97. The number of amides is 1. The SMILES string of the molecule is CNC1CCCC(C)(C)N(Cc2ncsn2)C1=O. The Morgan fingerprint density at radius 3 is 3.00 bits per heavy atom. The largest absolute Gasteiger partial charge is 0.329 e. The van der Waals surface area contributed by atoms with Gasteiger partial charge in [0, 0.05) is 5.54 Å². The number of hydrogen-bond acceptors (Lipinski definition) is 5. The molecule has 2 heterocycles. The predicted molar refractivity (Wildman–Crippen MR) is 71.2 cm³/mol. The number of carbonyl (C=O) groups excluding carboxylic acids is 1. The fraction of sp³-hybridized carbons (Fsp3) is 0.750. The number of aromatic nitrogens is 2. The van der Waals surface area contributed by atoms with Crippen molar-refractivity contribution in [3.8, 4) is 0 Å². The van der Waals surface area contributed by atoms with E-state index in [0.717, 1.165) is 25.1 Å². The molecule has 1 unspecified atom stereocenters. The molecule has 1 amide bonds. The van der Waals surface area contributed by atoms with Crippen molar-refractivity contribution in [3.05, 3.63) is 11.3 Å². The summed E-state index contributed by atoms with van der Waals surface area (Å²) in [6, 6.07) is -0.0783. The van der Waals surface area contributed by atoms with Crippen molar-refractivity contribution < 1.29 is 4.79 Å². The Morgan fingerprint density at radius 2 is 2.39 bits per heavy atom. The highest BCUT2D eigenvalue weighted by Gasteiger charge is 2.37. The van der Waals surface area contributed by atoms with Crippen molar-refractivity contribution in [2.24, 2.45) is 0 Å². The molecule has 6 heteroatoms. The highest BCUT2D eigenvalue weighted by molar-refractivity contribution is 7.03. The van der Waals surface area contributed by atoms with Crippen molar-refractivity contribution in [3.63, 3.8) is 0 Å². The van der Waals surface area contributed by atoms with Gasteiger partial charge in [-0.2, -0.15) is 4.37 Å². The van der Waals surface area contributed by atoms with E-state index in [0.29, 0.717) is 6.54 Å². The average molecular weight is 268 g/mol. The molecule has 1 aromatic heterocycles. The minimum absolute atomic E-state index is 0.0783. The first-order valence-corrected chi connectivity index (χ1v) is 7.12. The molecule has 1 aliphatic heterocycles. The molecule has 0 aliphatic carbocycles. The number of nitrogens with one attached hydrogen (secondary N) is 1. The fourth-order valence-corrected chi connectivity index (χ4v) is 2.89. The molecule has 1 aromatic rings. The van der Waals surface area contributed by atoms with Crippen LogP contribution in [0.3, 0.4) is 0 Å². The molecule has 0 saturated carbocycles. The fourth-order valence-electron chi connectivity index (χ4n) is 2.45. The molecule has 1 atom stereocenters. The smallest absolute Gasteiger partial charge is 0.240 e. The van der Waals surface area contributed by atoms with Gasteiger partial charge in [-0.3, -0.25) is 4.79 Å². The van der Waals surface area contributed by atoms with Gasteiger partial charge in [-0.05, 0) is 51.7 Å². The summed E-state index contributed by atoms with van der Waals surface area (Å²) in [4.78, 5) is 18.6. The second-order valence-electron chi connectivity index (χ2n) is 5.32. The molecule has 2 rings (SSSR count). The van der Waals surface area contributed by atoms with Crippen LogP contribution in [-0.4, -0.2) is 38.8 Å². The van der Waals surface area contributed by atoms with Crippen molar-refractivity contribution >= 4 is 17.4 Å². The van der Waals surface area contributed by atoms with Crippen molar-refractivity contribution in [1.82, 2.24) is 19.6 Å². The van der Waals surface area contributed by atoms with E-state index >= 15 is 0 Å². The van der Waals surface area contributed by atoms with Gasteiger partial charge in [0.2, 0.25) is 5.91 Å². The van der Waals surface area contributed by atoms with Gasteiger partial charge in [-0.25, -0.2) is 4.98 Å². The molecule has 5 nitrogen and oxygen atoms in total. The summed E-state index contributed by atoms with van der Waals surface area (Å²) in [5.74, 6) is 0.896. The average Bonchev–Trinajstić information content (AvgIpc) is 2.80. The Balaban J connectivity index is 2.22. The zero-order valence-corrected chi connectivity index (χ0v) is 12.0. The van der Waals surface area contributed by atoms with Crippen LogP contribution in [0.1, 0.15) is 38.9 Å². The minimum Gasteiger partial charge on any atom is -0.329 e. The Kier molecular flexibility index (Phi) is 3.97. The Bertz CT molecular complexity index is 404. The van der Waals surface area contributed by atoms with Crippen molar-refractivity contribution in [2.75, 3.05) is 7.05 Å². The molecule has 18 heavy (non-hydrogen) atoms. The molecule has 0 bridgehead atoms. The molecule has 0 spiro atoms. The highest BCUT2D eigenvalue weighted by atomic mass is 32.1. The van der Waals surface area contributed by atoms with E-state index in [1.165, 1.54) is 11.5 Å². The van der Waals surface area contributed by atoms with Crippen LogP contribution in [0.15, 0.2) is 5.51 Å². The first-order valence-electron chi connectivity index (χ1n) is 6.28. The topological polar surface area (TPSA) is 58.1 Å². The van der Waals surface area contributed by atoms with Gasteiger partial charge in [0.1, 0.15) is 5.51 Å². The zero-order valence-electron chi connectivity index (χ0n) is 11.1. The standard InChI is InChI=1S/C12H20N4OS/c1-12(2)6-4-5-9(13-3)11(17)16(12)7-10-14-8-18-15-10/h8-9,13H,4-7H2,1-3H3. The molecular weight excluding hydrogens is 248 g/mol. The van der Waals surface area contributed by atoms with Gasteiger partial charge in [0.15, 0.2) is 5.82 Å². The van der Waals surface area contributed by atoms with Gasteiger partial charge in [0.25, 0.3) is 0 Å². The lowest BCUT2D eigenvalue weighted by Gasteiger charge is -2.37. The normalized spacial score (nSPS) is 24.1. The summed E-state index contributed by atoms with van der Waals surface area (Å²) in [6.07, 6.45) is 2.98. The summed E-state index contributed by atoms with van der Waals surface area (Å²) >= 11 is 1.33. The van der Waals surface area contributed by atoms with E-state index < -0.39 is 0 Å². The summed E-state index contributed by atoms with van der Waals surface area (Å²) in [7, 11) is 1.85. The number of carbonyl (C=O) groups is 1. The monoisotopic (exact) mass is 268 g/mol. The number of hydrogen-bond donors (Lipinski definition) is 1. The lowest BCUT2D eigenvalue weighted by Crippen LogP contribution is -2.51. The van der Waals surface area contributed by atoms with Crippen LogP contribution < -0.4 is 5.32 Å². The van der Waals surface area contributed by atoms with Gasteiger partial charge in [0.05, 0.1) is 12.6 Å². The molecule has 1 saturated heterocycles. The van der Waals surface area contributed by atoms with Gasteiger partial charge in [-0.1, -0.05) is 0 Å². The molecule has 1 aliphatic rings. The van der Waals surface area contributed by atoms with E-state index in [1.54, 1.807) is 5.51 Å². The zero-order chi connectivity index (χ0) is 13.2. The van der Waals surface area contributed by atoms with Crippen LogP contribution in [0.4, 0.5) is 0 Å². The van der Waals surface area contributed by atoms with Gasteiger partial charge >= 0.3 is 0 Å². The molecule has 0 radical (unpaired) electrons. The summed E-state index contributed by atoms with van der Waals surface area (Å²) in [6.45, 7) is 4.75. The summed E-state index contributed by atoms with van der Waals surface area (Å²) in [5, 5.41) is 3.11. The number of nitrogens with zero attached hydrogens (tertiary/aromatic N) is 3. The van der Waals surface area contributed by atoms with E-state index in [-0.39, 0.29) is 17.5 Å². The predicted octanol–water partition coefficient (Wildman–Crippen LogP) is 1.42. The van der Waals surface area contributed by atoms with Crippen LogP contribution >= 0.6 is 11.5 Å². The van der Waals surface area contributed by atoms with Crippen molar-refractivity contribution in [1.29, 1.82) is 0 Å². The molecular formula is C12H20N4OS. The Morgan fingerprint density at radius 1 is 1.61 bits per heavy atom.